The molecular weight excluding hydrogens is 233 g/mol. The molecular formula is C14H10FNS. The molecule has 0 radical (unpaired) electrons. The van der Waals surface area contributed by atoms with Crippen molar-refractivity contribution < 1.29 is 4.39 Å². The number of fused-ring (bicyclic) bond motifs is 1. The number of nitrogens with one attached hydrogen (secondary N) is 1. The van der Waals surface area contributed by atoms with Gasteiger partial charge in [-0.15, -0.1) is 0 Å². The van der Waals surface area contributed by atoms with Crippen molar-refractivity contribution in [3.63, 3.8) is 0 Å². The Bertz CT molecular complexity index is 643. The van der Waals surface area contributed by atoms with Crippen LogP contribution in [0.4, 0.5) is 4.39 Å². The van der Waals surface area contributed by atoms with E-state index in [9.17, 15) is 4.39 Å². The minimum Gasteiger partial charge on any atom is -0.360 e. The highest BCUT2D eigenvalue weighted by molar-refractivity contribution is 7.99. The highest BCUT2D eigenvalue weighted by atomic mass is 32.2. The van der Waals surface area contributed by atoms with Crippen molar-refractivity contribution in [2.45, 2.75) is 9.79 Å². The van der Waals surface area contributed by atoms with E-state index >= 15 is 0 Å². The van der Waals surface area contributed by atoms with Gasteiger partial charge >= 0.3 is 0 Å². The highest BCUT2D eigenvalue weighted by Gasteiger charge is 2.04. The van der Waals surface area contributed by atoms with Crippen molar-refractivity contribution in [1.82, 2.24) is 4.98 Å². The molecule has 0 atom stereocenters. The summed E-state index contributed by atoms with van der Waals surface area (Å²) in [4.78, 5) is 5.42. The summed E-state index contributed by atoms with van der Waals surface area (Å²) in [6.45, 7) is 0. The average Bonchev–Trinajstić information content (AvgIpc) is 2.76. The molecule has 0 aliphatic carbocycles. The van der Waals surface area contributed by atoms with Crippen molar-refractivity contribution in [2.75, 3.05) is 0 Å². The van der Waals surface area contributed by atoms with Crippen molar-refractivity contribution in [2.24, 2.45) is 0 Å². The lowest BCUT2D eigenvalue weighted by Gasteiger charge is -1.99. The lowest BCUT2D eigenvalue weighted by atomic mass is 10.2. The van der Waals surface area contributed by atoms with Gasteiger partial charge in [0.25, 0.3) is 0 Å². The molecule has 0 bridgehead atoms. The first-order valence-corrected chi connectivity index (χ1v) is 6.14. The molecule has 0 fully saturated rings. The number of hydrogen-bond donors (Lipinski definition) is 1. The fourth-order valence-corrected chi connectivity index (χ4v) is 2.69. The number of rotatable bonds is 2. The van der Waals surface area contributed by atoms with Gasteiger partial charge in [0.05, 0.1) is 0 Å². The molecule has 0 aliphatic rings. The minimum absolute atomic E-state index is 0.201. The molecule has 84 valence electrons. The first-order valence-electron chi connectivity index (χ1n) is 5.32. The van der Waals surface area contributed by atoms with E-state index < -0.39 is 0 Å². The van der Waals surface area contributed by atoms with Crippen molar-refractivity contribution in [3.8, 4) is 0 Å². The van der Waals surface area contributed by atoms with E-state index in [0.717, 1.165) is 15.3 Å². The van der Waals surface area contributed by atoms with Crippen LogP contribution in [0.2, 0.25) is 0 Å². The third-order valence-electron chi connectivity index (χ3n) is 2.59. The van der Waals surface area contributed by atoms with Crippen LogP contribution in [0.25, 0.3) is 10.9 Å². The molecule has 2 aromatic carbocycles. The predicted octanol–water partition coefficient (Wildman–Crippen LogP) is 4.46. The Balaban J connectivity index is 1.97. The van der Waals surface area contributed by atoms with Crippen molar-refractivity contribution in [3.05, 3.63) is 60.5 Å². The second-order valence-electron chi connectivity index (χ2n) is 3.75. The lowest BCUT2D eigenvalue weighted by Crippen LogP contribution is -1.74. The molecule has 0 amide bonds. The number of aromatic nitrogens is 1. The van der Waals surface area contributed by atoms with Crippen LogP contribution in [0, 0.1) is 5.82 Å². The summed E-state index contributed by atoms with van der Waals surface area (Å²) in [5.74, 6) is -0.201. The van der Waals surface area contributed by atoms with Gasteiger partial charge < -0.3 is 4.98 Å². The molecule has 0 saturated heterocycles. The van der Waals surface area contributed by atoms with Crippen LogP contribution in [-0.2, 0) is 0 Å². The number of hydrogen-bond acceptors (Lipinski definition) is 1. The highest BCUT2D eigenvalue weighted by Crippen LogP contribution is 2.33. The Morgan fingerprint density at radius 2 is 1.71 bits per heavy atom. The van der Waals surface area contributed by atoms with Gasteiger partial charge in [-0.05, 0) is 30.3 Å². The van der Waals surface area contributed by atoms with Crippen LogP contribution >= 0.6 is 11.8 Å². The van der Waals surface area contributed by atoms with Gasteiger partial charge in [0.1, 0.15) is 5.82 Å². The Morgan fingerprint density at radius 1 is 0.941 bits per heavy atom. The number of H-pyrrole nitrogens is 1. The molecule has 17 heavy (non-hydrogen) atoms. The summed E-state index contributed by atoms with van der Waals surface area (Å²) in [6.07, 6.45) is 1.98. The summed E-state index contributed by atoms with van der Waals surface area (Å²) in [6, 6.07) is 14.7. The fourth-order valence-electron chi connectivity index (χ4n) is 1.76. The van der Waals surface area contributed by atoms with E-state index in [1.807, 2.05) is 24.4 Å². The first-order chi connectivity index (χ1) is 8.33. The Kier molecular flexibility index (Phi) is 2.61. The lowest BCUT2D eigenvalue weighted by molar-refractivity contribution is 0.626. The number of para-hydroxylation sites is 1. The summed E-state index contributed by atoms with van der Waals surface area (Å²) >= 11 is 1.63. The van der Waals surface area contributed by atoms with Crippen LogP contribution in [0.3, 0.4) is 0 Å². The molecule has 0 saturated carbocycles. The molecule has 0 unspecified atom stereocenters. The third kappa shape index (κ3) is 2.06. The molecule has 1 heterocycles. The third-order valence-corrected chi connectivity index (χ3v) is 3.66. The Morgan fingerprint density at radius 3 is 2.53 bits per heavy atom. The maximum atomic E-state index is 12.8. The molecule has 3 heteroatoms. The topological polar surface area (TPSA) is 15.8 Å². The molecule has 3 aromatic rings. The molecule has 1 aromatic heterocycles. The maximum absolute atomic E-state index is 12.8. The predicted molar refractivity (Wildman–Crippen MR) is 68.8 cm³/mol. The fraction of sp³-hybridized carbons (Fsp3) is 0. The minimum atomic E-state index is -0.201. The van der Waals surface area contributed by atoms with Gasteiger partial charge in [0.2, 0.25) is 0 Å². The van der Waals surface area contributed by atoms with E-state index in [1.165, 1.54) is 17.5 Å². The molecule has 0 spiro atoms. The number of halogens is 1. The normalized spacial score (nSPS) is 10.9. The smallest absolute Gasteiger partial charge is 0.123 e. The standard InChI is InChI=1S/C14H10FNS/c15-10-5-7-11(8-6-10)17-14-9-16-13-4-2-1-3-12(13)14/h1-9,16H. The molecule has 1 N–H and O–H groups in total. The van der Waals surface area contributed by atoms with Crippen LogP contribution < -0.4 is 0 Å². The van der Waals surface area contributed by atoms with E-state index in [1.54, 1.807) is 23.9 Å². The zero-order valence-corrected chi connectivity index (χ0v) is 9.80. The summed E-state index contributed by atoms with van der Waals surface area (Å²) in [5.41, 5.74) is 1.12. The first kappa shape index (κ1) is 10.4. The van der Waals surface area contributed by atoms with Crippen LogP contribution in [0.15, 0.2) is 64.5 Å². The van der Waals surface area contributed by atoms with Gasteiger partial charge in [0, 0.05) is 26.9 Å². The Hall–Kier alpha value is -1.74. The quantitative estimate of drug-likeness (QED) is 0.702. The van der Waals surface area contributed by atoms with Gasteiger partial charge in [-0.1, -0.05) is 30.0 Å². The van der Waals surface area contributed by atoms with E-state index in [0.29, 0.717) is 0 Å². The average molecular weight is 243 g/mol. The van der Waals surface area contributed by atoms with Crippen LogP contribution in [-0.4, -0.2) is 4.98 Å². The zero-order chi connectivity index (χ0) is 11.7. The van der Waals surface area contributed by atoms with E-state index in [2.05, 4.69) is 11.1 Å². The van der Waals surface area contributed by atoms with Crippen molar-refractivity contribution >= 4 is 22.7 Å². The second-order valence-corrected chi connectivity index (χ2v) is 4.87. The van der Waals surface area contributed by atoms with Gasteiger partial charge in [-0.25, -0.2) is 4.39 Å². The number of benzene rings is 2. The summed E-state index contributed by atoms with van der Waals surface area (Å²) < 4.78 is 12.8. The van der Waals surface area contributed by atoms with Crippen LogP contribution in [0.1, 0.15) is 0 Å². The van der Waals surface area contributed by atoms with E-state index in [4.69, 9.17) is 0 Å². The largest absolute Gasteiger partial charge is 0.360 e. The summed E-state index contributed by atoms with van der Waals surface area (Å²) in [7, 11) is 0. The molecule has 0 aliphatic heterocycles. The maximum Gasteiger partial charge on any atom is 0.123 e. The van der Waals surface area contributed by atoms with Crippen molar-refractivity contribution in [1.29, 1.82) is 0 Å². The monoisotopic (exact) mass is 243 g/mol. The number of aromatic amines is 1. The van der Waals surface area contributed by atoms with Gasteiger partial charge in [-0.3, -0.25) is 0 Å². The second kappa shape index (κ2) is 4.26. The summed E-state index contributed by atoms with van der Waals surface area (Å²) in [5, 5.41) is 1.20. The molecule has 1 nitrogen and oxygen atoms in total. The Labute approximate surface area is 103 Å². The zero-order valence-electron chi connectivity index (χ0n) is 8.98. The van der Waals surface area contributed by atoms with Gasteiger partial charge in [0.15, 0.2) is 0 Å². The van der Waals surface area contributed by atoms with Crippen LogP contribution in [0.5, 0.6) is 0 Å². The molecule has 3 rings (SSSR count). The van der Waals surface area contributed by atoms with Gasteiger partial charge in [-0.2, -0.15) is 0 Å². The SMILES string of the molecule is Fc1ccc(Sc2c[nH]c3ccccc23)cc1. The van der Waals surface area contributed by atoms with E-state index in [-0.39, 0.29) is 5.82 Å².